The lowest BCUT2D eigenvalue weighted by atomic mass is 9.89. The van der Waals surface area contributed by atoms with Gasteiger partial charge in [0, 0.05) is 31.0 Å². The predicted octanol–water partition coefficient (Wildman–Crippen LogP) is 2.27. The van der Waals surface area contributed by atoms with Gasteiger partial charge < -0.3 is 19.7 Å². The standard InChI is InChI=1S/C18H26N2O3/c1-18(13-23-14-18)12-19-17(21)20-8-7-16(9-20)11-22-10-15-5-3-2-4-6-15/h2-6,16H,7-14H2,1H3,(H,19,21). The second kappa shape index (κ2) is 7.32. The van der Waals surface area contributed by atoms with Crippen molar-refractivity contribution in [3.05, 3.63) is 35.9 Å². The van der Waals surface area contributed by atoms with Crippen LogP contribution in [0.15, 0.2) is 30.3 Å². The third-order valence-corrected chi connectivity index (χ3v) is 4.61. The van der Waals surface area contributed by atoms with E-state index < -0.39 is 0 Å². The zero-order chi connectivity index (χ0) is 16.1. The fourth-order valence-corrected chi connectivity index (χ4v) is 3.02. The normalized spacial score (nSPS) is 22.7. The molecule has 5 nitrogen and oxygen atoms in total. The van der Waals surface area contributed by atoms with Gasteiger partial charge in [0.05, 0.1) is 26.4 Å². The molecule has 3 rings (SSSR count). The number of nitrogens with zero attached hydrogens (tertiary/aromatic N) is 1. The van der Waals surface area contributed by atoms with Gasteiger partial charge in [-0.3, -0.25) is 0 Å². The number of benzene rings is 1. The van der Waals surface area contributed by atoms with E-state index in [0.717, 1.165) is 32.7 Å². The Balaban J connectivity index is 1.34. The third kappa shape index (κ3) is 4.45. The van der Waals surface area contributed by atoms with E-state index in [1.54, 1.807) is 0 Å². The molecule has 2 fully saturated rings. The summed E-state index contributed by atoms with van der Waals surface area (Å²) >= 11 is 0. The molecule has 2 aliphatic rings. The average Bonchev–Trinajstić information content (AvgIpc) is 3.01. The highest BCUT2D eigenvalue weighted by molar-refractivity contribution is 5.74. The average molecular weight is 318 g/mol. The molecule has 2 aliphatic heterocycles. The van der Waals surface area contributed by atoms with Crippen LogP contribution in [0.4, 0.5) is 4.79 Å². The van der Waals surface area contributed by atoms with E-state index >= 15 is 0 Å². The summed E-state index contributed by atoms with van der Waals surface area (Å²) in [4.78, 5) is 14.1. The number of rotatable bonds is 6. The quantitative estimate of drug-likeness (QED) is 0.875. The van der Waals surface area contributed by atoms with Gasteiger partial charge in [0.2, 0.25) is 0 Å². The monoisotopic (exact) mass is 318 g/mol. The zero-order valence-corrected chi connectivity index (χ0v) is 13.8. The number of carbonyl (C=O) groups is 1. The highest BCUT2D eigenvalue weighted by Crippen LogP contribution is 2.25. The van der Waals surface area contributed by atoms with Crippen LogP contribution in [-0.2, 0) is 16.1 Å². The number of amides is 2. The van der Waals surface area contributed by atoms with Crippen molar-refractivity contribution < 1.29 is 14.3 Å². The van der Waals surface area contributed by atoms with Crippen molar-refractivity contribution in [3.63, 3.8) is 0 Å². The molecular formula is C18H26N2O3. The molecule has 1 atom stereocenters. The maximum atomic E-state index is 12.2. The van der Waals surface area contributed by atoms with Crippen LogP contribution in [0.2, 0.25) is 0 Å². The van der Waals surface area contributed by atoms with Crippen molar-refractivity contribution in [3.8, 4) is 0 Å². The molecule has 0 saturated carbocycles. The summed E-state index contributed by atoms with van der Waals surface area (Å²) in [5, 5.41) is 3.04. The first-order chi connectivity index (χ1) is 11.1. The van der Waals surface area contributed by atoms with Crippen molar-refractivity contribution in [1.82, 2.24) is 10.2 Å². The Morgan fingerprint density at radius 2 is 2.17 bits per heavy atom. The summed E-state index contributed by atoms with van der Waals surface area (Å²) in [6.07, 6.45) is 1.02. The summed E-state index contributed by atoms with van der Waals surface area (Å²) in [6.45, 7) is 7.27. The number of hydrogen-bond acceptors (Lipinski definition) is 3. The summed E-state index contributed by atoms with van der Waals surface area (Å²) in [5.41, 5.74) is 1.31. The van der Waals surface area contributed by atoms with E-state index in [2.05, 4.69) is 24.4 Å². The topological polar surface area (TPSA) is 50.8 Å². The number of hydrogen-bond donors (Lipinski definition) is 1. The molecule has 1 N–H and O–H groups in total. The Hall–Kier alpha value is -1.59. The van der Waals surface area contributed by atoms with Crippen LogP contribution >= 0.6 is 0 Å². The third-order valence-electron chi connectivity index (χ3n) is 4.61. The Kier molecular flexibility index (Phi) is 5.18. The van der Waals surface area contributed by atoms with Crippen LogP contribution in [0.1, 0.15) is 18.9 Å². The van der Waals surface area contributed by atoms with Gasteiger partial charge in [-0.15, -0.1) is 0 Å². The molecule has 5 heteroatoms. The van der Waals surface area contributed by atoms with Crippen LogP contribution in [-0.4, -0.2) is 50.4 Å². The molecule has 2 saturated heterocycles. The molecule has 1 unspecified atom stereocenters. The molecule has 0 aromatic heterocycles. The first-order valence-electron chi connectivity index (χ1n) is 8.37. The molecule has 23 heavy (non-hydrogen) atoms. The van der Waals surface area contributed by atoms with Crippen molar-refractivity contribution in [2.45, 2.75) is 20.0 Å². The summed E-state index contributed by atoms with van der Waals surface area (Å²) in [6, 6.07) is 10.2. The lowest BCUT2D eigenvalue weighted by Gasteiger charge is -2.38. The predicted molar refractivity (Wildman–Crippen MR) is 88.1 cm³/mol. The maximum absolute atomic E-state index is 12.2. The van der Waals surface area contributed by atoms with Crippen molar-refractivity contribution >= 4 is 6.03 Å². The van der Waals surface area contributed by atoms with Crippen LogP contribution in [0, 0.1) is 11.3 Å². The maximum Gasteiger partial charge on any atom is 0.317 e. The number of urea groups is 1. The molecule has 1 aromatic rings. The Labute approximate surface area is 137 Å². The fraction of sp³-hybridized carbons (Fsp3) is 0.611. The number of likely N-dealkylation sites (tertiary alicyclic amines) is 1. The molecule has 0 radical (unpaired) electrons. The number of carbonyl (C=O) groups excluding carboxylic acids is 1. The van der Waals surface area contributed by atoms with Crippen molar-refractivity contribution in [2.24, 2.45) is 11.3 Å². The van der Waals surface area contributed by atoms with Crippen LogP contribution in [0.5, 0.6) is 0 Å². The Bertz CT molecular complexity index is 516. The first-order valence-corrected chi connectivity index (χ1v) is 8.37. The van der Waals surface area contributed by atoms with E-state index in [9.17, 15) is 4.79 Å². The number of nitrogens with one attached hydrogen (secondary N) is 1. The molecule has 2 amide bonds. The minimum atomic E-state index is 0.0451. The van der Waals surface area contributed by atoms with Crippen molar-refractivity contribution in [1.29, 1.82) is 0 Å². The Morgan fingerprint density at radius 1 is 1.39 bits per heavy atom. The largest absolute Gasteiger partial charge is 0.380 e. The van der Waals surface area contributed by atoms with E-state index in [0.29, 0.717) is 25.7 Å². The molecule has 2 heterocycles. The molecule has 0 spiro atoms. The summed E-state index contributed by atoms with van der Waals surface area (Å²) < 4.78 is 11.0. The number of ether oxygens (including phenoxy) is 2. The van der Waals surface area contributed by atoms with E-state index in [1.165, 1.54) is 5.56 Å². The smallest absolute Gasteiger partial charge is 0.317 e. The van der Waals surface area contributed by atoms with Crippen LogP contribution in [0.25, 0.3) is 0 Å². The van der Waals surface area contributed by atoms with E-state index in [1.807, 2.05) is 23.1 Å². The minimum Gasteiger partial charge on any atom is -0.380 e. The van der Waals surface area contributed by atoms with Crippen molar-refractivity contribution in [2.75, 3.05) is 39.5 Å². The highest BCUT2D eigenvalue weighted by Gasteiger charge is 2.34. The summed E-state index contributed by atoms with van der Waals surface area (Å²) in [5.74, 6) is 0.437. The van der Waals surface area contributed by atoms with Gasteiger partial charge in [-0.05, 0) is 12.0 Å². The zero-order valence-electron chi connectivity index (χ0n) is 13.8. The minimum absolute atomic E-state index is 0.0451. The fourth-order valence-electron chi connectivity index (χ4n) is 3.02. The summed E-state index contributed by atoms with van der Waals surface area (Å²) in [7, 11) is 0. The second-order valence-electron chi connectivity index (χ2n) is 7.06. The molecular weight excluding hydrogens is 292 g/mol. The highest BCUT2D eigenvalue weighted by atomic mass is 16.5. The van der Waals surface area contributed by atoms with Gasteiger partial charge in [0.15, 0.2) is 0 Å². The van der Waals surface area contributed by atoms with Gasteiger partial charge in [-0.1, -0.05) is 37.3 Å². The molecule has 1 aromatic carbocycles. The van der Waals surface area contributed by atoms with Crippen LogP contribution < -0.4 is 5.32 Å². The lowest BCUT2D eigenvalue weighted by molar-refractivity contribution is -0.0978. The van der Waals surface area contributed by atoms with E-state index in [4.69, 9.17) is 9.47 Å². The molecule has 0 bridgehead atoms. The van der Waals surface area contributed by atoms with Gasteiger partial charge in [0.1, 0.15) is 0 Å². The van der Waals surface area contributed by atoms with Gasteiger partial charge in [0.25, 0.3) is 0 Å². The first kappa shape index (κ1) is 16.3. The molecule has 0 aliphatic carbocycles. The molecule has 126 valence electrons. The lowest BCUT2D eigenvalue weighted by Crippen LogP contribution is -2.51. The second-order valence-corrected chi connectivity index (χ2v) is 7.06. The van der Waals surface area contributed by atoms with Crippen LogP contribution in [0.3, 0.4) is 0 Å². The van der Waals surface area contributed by atoms with Gasteiger partial charge in [-0.25, -0.2) is 4.79 Å². The Morgan fingerprint density at radius 3 is 2.87 bits per heavy atom. The van der Waals surface area contributed by atoms with Gasteiger partial charge in [-0.2, -0.15) is 0 Å². The SMILES string of the molecule is CC1(CNC(=O)N2CCC(COCc3ccccc3)C2)COC1. The van der Waals surface area contributed by atoms with E-state index in [-0.39, 0.29) is 11.4 Å². The van der Waals surface area contributed by atoms with Gasteiger partial charge >= 0.3 is 6.03 Å².